The third-order valence-corrected chi connectivity index (χ3v) is 4.06. The van der Waals surface area contributed by atoms with E-state index in [9.17, 15) is 0 Å². The van der Waals surface area contributed by atoms with Crippen LogP contribution in [0.25, 0.3) is 0 Å². The predicted octanol–water partition coefficient (Wildman–Crippen LogP) is 4.30. The second kappa shape index (κ2) is 7.37. The lowest BCUT2D eigenvalue weighted by molar-refractivity contribution is 0.542. The van der Waals surface area contributed by atoms with Crippen LogP contribution in [0, 0.1) is 0 Å². The Labute approximate surface area is 120 Å². The summed E-state index contributed by atoms with van der Waals surface area (Å²) in [6, 6.07) is 19.8. The van der Waals surface area contributed by atoms with Crippen LogP contribution in [0.4, 0.5) is 0 Å². The zero-order valence-corrected chi connectivity index (χ0v) is 12.4. The summed E-state index contributed by atoms with van der Waals surface area (Å²) in [4.78, 5) is 1.37. The van der Waals surface area contributed by atoms with Crippen LogP contribution in [0.2, 0.25) is 0 Å². The third kappa shape index (κ3) is 3.85. The minimum Gasteiger partial charge on any atom is -0.310 e. The maximum absolute atomic E-state index is 3.61. The second-order valence-electron chi connectivity index (χ2n) is 4.54. The maximum Gasteiger partial charge on any atom is 0.0371 e. The first-order valence-corrected chi connectivity index (χ1v) is 7.97. The smallest absolute Gasteiger partial charge is 0.0371 e. The average Bonchev–Trinajstić information content (AvgIpc) is 2.48. The van der Waals surface area contributed by atoms with Crippen molar-refractivity contribution in [3.63, 3.8) is 0 Å². The van der Waals surface area contributed by atoms with E-state index in [1.54, 1.807) is 0 Å². The standard InChI is InChI=1S/C17H21NS/c1-3-18-16(13-14-9-5-4-6-10-14)15-11-7-8-12-17(15)19-2/h4-12,16,18H,3,13H2,1-2H3. The number of nitrogens with one attached hydrogen (secondary N) is 1. The Hall–Kier alpha value is -1.25. The highest BCUT2D eigenvalue weighted by molar-refractivity contribution is 7.98. The SMILES string of the molecule is CCNC(Cc1ccccc1)c1ccccc1SC. The number of hydrogen-bond donors (Lipinski definition) is 1. The molecular weight excluding hydrogens is 250 g/mol. The normalized spacial score (nSPS) is 12.3. The van der Waals surface area contributed by atoms with Gasteiger partial charge in [0.05, 0.1) is 0 Å². The molecule has 0 fully saturated rings. The Balaban J connectivity index is 2.24. The molecule has 0 aliphatic carbocycles. The molecule has 2 rings (SSSR count). The van der Waals surface area contributed by atoms with Crippen LogP contribution in [0.1, 0.15) is 24.1 Å². The molecule has 0 aliphatic heterocycles. The van der Waals surface area contributed by atoms with E-state index in [1.165, 1.54) is 16.0 Å². The quantitative estimate of drug-likeness (QED) is 0.786. The van der Waals surface area contributed by atoms with E-state index in [-0.39, 0.29) is 0 Å². The summed E-state index contributed by atoms with van der Waals surface area (Å²) in [5, 5.41) is 3.61. The summed E-state index contributed by atoms with van der Waals surface area (Å²) in [5.41, 5.74) is 2.78. The molecule has 2 heteroatoms. The number of thioether (sulfide) groups is 1. The molecule has 0 amide bonds. The molecule has 0 bridgehead atoms. The first kappa shape index (κ1) is 14.2. The summed E-state index contributed by atoms with van der Waals surface area (Å²) < 4.78 is 0. The van der Waals surface area contributed by atoms with E-state index in [0.717, 1.165) is 13.0 Å². The van der Waals surface area contributed by atoms with Crippen molar-refractivity contribution in [1.82, 2.24) is 5.32 Å². The molecule has 1 atom stereocenters. The number of likely N-dealkylation sites (N-methyl/N-ethyl adjacent to an activating group) is 1. The summed E-state index contributed by atoms with van der Waals surface area (Å²) in [6.45, 7) is 3.15. The topological polar surface area (TPSA) is 12.0 Å². The number of benzene rings is 2. The largest absolute Gasteiger partial charge is 0.310 e. The van der Waals surface area contributed by atoms with Gasteiger partial charge in [0, 0.05) is 10.9 Å². The zero-order valence-electron chi connectivity index (χ0n) is 11.6. The summed E-state index contributed by atoms with van der Waals surface area (Å²) in [7, 11) is 0. The lowest BCUT2D eigenvalue weighted by atomic mass is 9.99. The van der Waals surface area contributed by atoms with E-state index in [0.29, 0.717) is 6.04 Å². The van der Waals surface area contributed by atoms with Crippen molar-refractivity contribution in [2.24, 2.45) is 0 Å². The fraction of sp³-hybridized carbons (Fsp3) is 0.294. The lowest BCUT2D eigenvalue weighted by Crippen LogP contribution is -2.23. The van der Waals surface area contributed by atoms with Gasteiger partial charge >= 0.3 is 0 Å². The molecular formula is C17H21NS. The summed E-state index contributed by atoms with van der Waals surface area (Å²) in [6.07, 6.45) is 3.18. The van der Waals surface area contributed by atoms with Crippen molar-refractivity contribution in [2.45, 2.75) is 24.3 Å². The van der Waals surface area contributed by atoms with Gasteiger partial charge in [0.2, 0.25) is 0 Å². The van der Waals surface area contributed by atoms with Crippen molar-refractivity contribution >= 4 is 11.8 Å². The number of rotatable bonds is 6. The molecule has 0 aromatic heterocycles. The Kier molecular flexibility index (Phi) is 5.49. The monoisotopic (exact) mass is 271 g/mol. The van der Waals surface area contributed by atoms with Gasteiger partial charge in [-0.15, -0.1) is 11.8 Å². The van der Waals surface area contributed by atoms with E-state index < -0.39 is 0 Å². The van der Waals surface area contributed by atoms with E-state index in [2.05, 4.69) is 73.1 Å². The van der Waals surface area contributed by atoms with Gasteiger partial charge in [-0.2, -0.15) is 0 Å². The molecule has 1 nitrogen and oxygen atoms in total. The molecule has 100 valence electrons. The van der Waals surface area contributed by atoms with Gasteiger partial charge in [-0.3, -0.25) is 0 Å². The minimum absolute atomic E-state index is 0.385. The highest BCUT2D eigenvalue weighted by Gasteiger charge is 2.14. The van der Waals surface area contributed by atoms with E-state index >= 15 is 0 Å². The summed E-state index contributed by atoms with van der Waals surface area (Å²) >= 11 is 1.82. The Morgan fingerprint density at radius 3 is 2.37 bits per heavy atom. The van der Waals surface area contributed by atoms with E-state index in [1.807, 2.05) is 11.8 Å². The van der Waals surface area contributed by atoms with Gasteiger partial charge in [0.1, 0.15) is 0 Å². The predicted molar refractivity (Wildman–Crippen MR) is 84.8 cm³/mol. The van der Waals surface area contributed by atoms with Crippen molar-refractivity contribution in [3.05, 3.63) is 65.7 Å². The molecule has 1 N–H and O–H groups in total. The minimum atomic E-state index is 0.385. The Bertz CT molecular complexity index is 496. The maximum atomic E-state index is 3.61. The molecule has 1 unspecified atom stereocenters. The van der Waals surface area contributed by atoms with Gasteiger partial charge < -0.3 is 5.32 Å². The zero-order chi connectivity index (χ0) is 13.5. The van der Waals surface area contributed by atoms with Crippen LogP contribution < -0.4 is 5.32 Å². The van der Waals surface area contributed by atoms with E-state index in [4.69, 9.17) is 0 Å². The van der Waals surface area contributed by atoms with Crippen LogP contribution in [0.3, 0.4) is 0 Å². The van der Waals surface area contributed by atoms with Gasteiger partial charge in [-0.1, -0.05) is 55.5 Å². The second-order valence-corrected chi connectivity index (χ2v) is 5.39. The van der Waals surface area contributed by atoms with Gasteiger partial charge in [-0.05, 0) is 36.4 Å². The summed E-state index contributed by atoms with van der Waals surface area (Å²) in [5.74, 6) is 0. The van der Waals surface area contributed by atoms with Gasteiger partial charge in [0.15, 0.2) is 0 Å². The Morgan fingerprint density at radius 2 is 1.68 bits per heavy atom. The molecule has 0 spiro atoms. The van der Waals surface area contributed by atoms with Crippen LogP contribution in [0.5, 0.6) is 0 Å². The molecule has 0 saturated carbocycles. The van der Waals surface area contributed by atoms with Crippen molar-refractivity contribution in [3.8, 4) is 0 Å². The lowest BCUT2D eigenvalue weighted by Gasteiger charge is -2.21. The highest BCUT2D eigenvalue weighted by atomic mass is 32.2. The van der Waals surface area contributed by atoms with Crippen LogP contribution >= 0.6 is 11.8 Å². The Morgan fingerprint density at radius 1 is 1.00 bits per heavy atom. The third-order valence-electron chi connectivity index (χ3n) is 3.25. The first-order valence-electron chi connectivity index (χ1n) is 6.75. The molecule has 0 heterocycles. The van der Waals surface area contributed by atoms with Crippen molar-refractivity contribution < 1.29 is 0 Å². The van der Waals surface area contributed by atoms with Crippen LogP contribution in [0.15, 0.2) is 59.5 Å². The van der Waals surface area contributed by atoms with Crippen LogP contribution in [-0.4, -0.2) is 12.8 Å². The highest BCUT2D eigenvalue weighted by Crippen LogP contribution is 2.27. The molecule has 19 heavy (non-hydrogen) atoms. The molecule has 2 aromatic carbocycles. The molecule has 0 saturated heterocycles. The average molecular weight is 271 g/mol. The van der Waals surface area contributed by atoms with Crippen molar-refractivity contribution in [1.29, 1.82) is 0 Å². The fourth-order valence-corrected chi connectivity index (χ4v) is 3.00. The van der Waals surface area contributed by atoms with Crippen molar-refractivity contribution in [2.75, 3.05) is 12.8 Å². The molecule has 0 radical (unpaired) electrons. The molecule has 2 aromatic rings. The molecule has 0 aliphatic rings. The number of hydrogen-bond acceptors (Lipinski definition) is 2. The van der Waals surface area contributed by atoms with Gasteiger partial charge in [0.25, 0.3) is 0 Å². The van der Waals surface area contributed by atoms with Crippen LogP contribution in [-0.2, 0) is 6.42 Å². The fourth-order valence-electron chi connectivity index (χ4n) is 2.34. The first-order chi connectivity index (χ1) is 9.35. The van der Waals surface area contributed by atoms with Gasteiger partial charge in [-0.25, -0.2) is 0 Å².